The Bertz CT molecular complexity index is 524. The number of hydrogen-bond acceptors (Lipinski definition) is 5. The van der Waals surface area contributed by atoms with Gasteiger partial charge in [-0.15, -0.1) is 0 Å². The lowest BCUT2D eigenvalue weighted by Gasteiger charge is -2.13. The lowest BCUT2D eigenvalue weighted by Crippen LogP contribution is -2.28. The van der Waals surface area contributed by atoms with Gasteiger partial charge in [0, 0.05) is 12.5 Å². The minimum Gasteiger partial charge on any atom is -0.497 e. The van der Waals surface area contributed by atoms with Crippen molar-refractivity contribution in [3.63, 3.8) is 0 Å². The maximum absolute atomic E-state index is 12.1. The molecular weight excluding hydrogens is 272 g/mol. The number of carbonyl (C=O) groups excluding carboxylic acids is 2. The summed E-state index contributed by atoms with van der Waals surface area (Å²) in [5, 5.41) is 6.04. The number of carbonyl (C=O) groups is 2. The quantitative estimate of drug-likeness (QED) is 0.805. The molecule has 2 rings (SSSR count). The SMILES string of the molecule is COC(=O)c1cc(OC)ccc1NC(=O)CC1CCCN1. The number of methoxy groups -OCH3 is 2. The van der Waals surface area contributed by atoms with Gasteiger partial charge in [0.2, 0.25) is 5.91 Å². The van der Waals surface area contributed by atoms with Crippen LogP contribution in [-0.2, 0) is 9.53 Å². The first-order valence-corrected chi connectivity index (χ1v) is 6.93. The lowest BCUT2D eigenvalue weighted by atomic mass is 10.1. The summed E-state index contributed by atoms with van der Waals surface area (Å²) in [4.78, 5) is 23.8. The van der Waals surface area contributed by atoms with Gasteiger partial charge in [-0.3, -0.25) is 4.79 Å². The number of ether oxygens (including phenoxy) is 2. The average molecular weight is 292 g/mol. The standard InChI is InChI=1S/C15H20N2O4/c1-20-11-5-6-13(12(9-11)15(19)21-2)17-14(18)8-10-4-3-7-16-10/h5-6,9-10,16H,3-4,7-8H2,1-2H3,(H,17,18). The Hall–Kier alpha value is -2.08. The monoisotopic (exact) mass is 292 g/mol. The van der Waals surface area contributed by atoms with Crippen molar-refractivity contribution in [3.8, 4) is 5.75 Å². The van der Waals surface area contributed by atoms with Crippen LogP contribution >= 0.6 is 0 Å². The van der Waals surface area contributed by atoms with Crippen LogP contribution < -0.4 is 15.4 Å². The number of amides is 1. The second-order valence-electron chi connectivity index (χ2n) is 4.95. The van der Waals surface area contributed by atoms with Crippen molar-refractivity contribution in [1.82, 2.24) is 5.32 Å². The van der Waals surface area contributed by atoms with Crippen LogP contribution in [0.5, 0.6) is 5.75 Å². The predicted molar refractivity (Wildman–Crippen MR) is 78.6 cm³/mol. The molecule has 1 aliphatic rings. The second kappa shape index (κ2) is 7.08. The fourth-order valence-electron chi connectivity index (χ4n) is 2.39. The number of esters is 1. The van der Waals surface area contributed by atoms with Gasteiger partial charge < -0.3 is 20.1 Å². The number of hydrogen-bond donors (Lipinski definition) is 2. The zero-order valence-corrected chi connectivity index (χ0v) is 12.3. The van der Waals surface area contributed by atoms with Gasteiger partial charge in [-0.1, -0.05) is 0 Å². The van der Waals surface area contributed by atoms with E-state index in [2.05, 4.69) is 10.6 Å². The normalized spacial score (nSPS) is 17.3. The Morgan fingerprint density at radius 2 is 2.19 bits per heavy atom. The largest absolute Gasteiger partial charge is 0.497 e. The highest BCUT2D eigenvalue weighted by Crippen LogP contribution is 2.23. The zero-order valence-electron chi connectivity index (χ0n) is 12.3. The van der Waals surface area contributed by atoms with Crippen LogP contribution in [0.3, 0.4) is 0 Å². The van der Waals surface area contributed by atoms with E-state index in [1.165, 1.54) is 14.2 Å². The molecule has 0 aromatic heterocycles. The third-order valence-electron chi connectivity index (χ3n) is 3.50. The van der Waals surface area contributed by atoms with Crippen molar-refractivity contribution in [2.24, 2.45) is 0 Å². The van der Waals surface area contributed by atoms with Gasteiger partial charge in [0.1, 0.15) is 5.75 Å². The van der Waals surface area contributed by atoms with Gasteiger partial charge in [0.25, 0.3) is 0 Å². The summed E-state index contributed by atoms with van der Waals surface area (Å²) in [6.45, 7) is 0.952. The summed E-state index contributed by atoms with van der Waals surface area (Å²) in [5.41, 5.74) is 0.718. The van der Waals surface area contributed by atoms with Crippen molar-refractivity contribution < 1.29 is 19.1 Å². The van der Waals surface area contributed by atoms with E-state index >= 15 is 0 Å². The first-order chi connectivity index (χ1) is 10.1. The van der Waals surface area contributed by atoms with Gasteiger partial charge in [-0.05, 0) is 37.6 Å². The smallest absolute Gasteiger partial charge is 0.340 e. The van der Waals surface area contributed by atoms with E-state index < -0.39 is 5.97 Å². The zero-order chi connectivity index (χ0) is 15.2. The maximum atomic E-state index is 12.1. The fraction of sp³-hybridized carbons (Fsp3) is 0.467. The molecule has 1 amide bonds. The number of rotatable bonds is 5. The summed E-state index contributed by atoms with van der Waals surface area (Å²) in [6, 6.07) is 5.10. The first kappa shape index (κ1) is 15.3. The molecular formula is C15H20N2O4. The molecule has 6 heteroatoms. The third kappa shape index (κ3) is 3.95. The Morgan fingerprint density at radius 1 is 1.38 bits per heavy atom. The van der Waals surface area contributed by atoms with Crippen LogP contribution in [0.1, 0.15) is 29.6 Å². The van der Waals surface area contributed by atoms with Crippen LogP contribution in [0.25, 0.3) is 0 Å². The fourth-order valence-corrected chi connectivity index (χ4v) is 2.39. The van der Waals surface area contributed by atoms with E-state index in [-0.39, 0.29) is 17.5 Å². The van der Waals surface area contributed by atoms with E-state index in [0.717, 1.165) is 19.4 Å². The van der Waals surface area contributed by atoms with Crippen molar-refractivity contribution in [1.29, 1.82) is 0 Å². The summed E-state index contributed by atoms with van der Waals surface area (Å²) < 4.78 is 9.82. The van der Waals surface area contributed by atoms with Crippen LogP contribution in [0.4, 0.5) is 5.69 Å². The van der Waals surface area contributed by atoms with E-state index in [1.54, 1.807) is 18.2 Å². The van der Waals surface area contributed by atoms with Crippen molar-refractivity contribution in [3.05, 3.63) is 23.8 Å². The van der Waals surface area contributed by atoms with E-state index in [9.17, 15) is 9.59 Å². The van der Waals surface area contributed by atoms with Gasteiger partial charge >= 0.3 is 5.97 Å². The Labute approximate surface area is 123 Å². The maximum Gasteiger partial charge on any atom is 0.340 e. The summed E-state index contributed by atoms with van der Waals surface area (Å²) in [5.74, 6) is -0.0984. The van der Waals surface area contributed by atoms with Gasteiger partial charge in [-0.2, -0.15) is 0 Å². The average Bonchev–Trinajstić information content (AvgIpc) is 2.99. The van der Waals surface area contributed by atoms with Gasteiger partial charge in [0.15, 0.2) is 0 Å². The summed E-state index contributed by atoms with van der Waals surface area (Å²) in [6.07, 6.45) is 2.49. The highest BCUT2D eigenvalue weighted by molar-refractivity contribution is 6.01. The summed E-state index contributed by atoms with van der Waals surface area (Å²) in [7, 11) is 2.82. The molecule has 1 unspecified atom stereocenters. The highest BCUT2D eigenvalue weighted by Gasteiger charge is 2.20. The topological polar surface area (TPSA) is 76.7 Å². The molecule has 0 radical (unpaired) electrons. The molecule has 1 aromatic carbocycles. The van der Waals surface area contributed by atoms with Crippen molar-refractivity contribution >= 4 is 17.6 Å². The number of anilines is 1. The molecule has 114 valence electrons. The van der Waals surface area contributed by atoms with Crippen LogP contribution in [0.15, 0.2) is 18.2 Å². The second-order valence-corrected chi connectivity index (χ2v) is 4.95. The molecule has 0 bridgehead atoms. The molecule has 6 nitrogen and oxygen atoms in total. The predicted octanol–water partition coefficient (Wildman–Crippen LogP) is 1.56. The van der Waals surface area contributed by atoms with Gasteiger partial charge in [0.05, 0.1) is 25.5 Å². The molecule has 0 spiro atoms. The minimum absolute atomic E-state index is 0.121. The molecule has 2 N–H and O–H groups in total. The first-order valence-electron chi connectivity index (χ1n) is 6.93. The van der Waals surface area contributed by atoms with Crippen molar-refractivity contribution in [2.45, 2.75) is 25.3 Å². The van der Waals surface area contributed by atoms with Crippen LogP contribution in [0.2, 0.25) is 0 Å². The lowest BCUT2D eigenvalue weighted by molar-refractivity contribution is -0.116. The van der Waals surface area contributed by atoms with E-state index in [1.807, 2.05) is 0 Å². The molecule has 21 heavy (non-hydrogen) atoms. The molecule has 1 heterocycles. The molecule has 1 aliphatic heterocycles. The van der Waals surface area contributed by atoms with Crippen LogP contribution in [-0.4, -0.2) is 38.7 Å². The van der Waals surface area contributed by atoms with Crippen LogP contribution in [0, 0.1) is 0 Å². The molecule has 1 aromatic rings. The van der Waals surface area contributed by atoms with E-state index in [0.29, 0.717) is 17.9 Å². The molecule has 1 atom stereocenters. The van der Waals surface area contributed by atoms with E-state index in [4.69, 9.17) is 9.47 Å². The number of benzene rings is 1. The molecule has 1 saturated heterocycles. The third-order valence-corrected chi connectivity index (χ3v) is 3.50. The Balaban J connectivity index is 2.10. The summed E-state index contributed by atoms with van der Waals surface area (Å²) >= 11 is 0. The van der Waals surface area contributed by atoms with Crippen molar-refractivity contribution in [2.75, 3.05) is 26.1 Å². The minimum atomic E-state index is -0.511. The highest BCUT2D eigenvalue weighted by atomic mass is 16.5. The molecule has 0 saturated carbocycles. The van der Waals surface area contributed by atoms with Gasteiger partial charge in [-0.25, -0.2) is 4.79 Å². The number of nitrogens with one attached hydrogen (secondary N) is 2. The molecule has 0 aliphatic carbocycles. The Kier molecular flexibility index (Phi) is 5.16. The molecule has 1 fully saturated rings. The Morgan fingerprint density at radius 3 is 2.81 bits per heavy atom.